The first kappa shape index (κ1) is 39.1. The number of hydrogen-bond acceptors (Lipinski definition) is 1. The second kappa shape index (κ2) is 13.2. The van der Waals surface area contributed by atoms with Gasteiger partial charge in [-0.05, 0) is 0 Å². The van der Waals surface area contributed by atoms with E-state index in [-0.39, 0.29) is 18.1 Å². The van der Waals surface area contributed by atoms with Gasteiger partial charge in [0.05, 0.1) is 0 Å². The SMILES string of the molecule is COc1c(C(C)(C)C)cc2c(c1-c1cc(C)cc(C)c1)C=C(C)[CH]2[Zr]([Cl])([Cl])([CH]1C(C)=Cc2c1cc1c(c2-c2ccc(C(C)(C)C)cc2)CCC1)=[Si](C)C. The fourth-order valence-electron chi connectivity index (χ4n) is 10.2. The molecule has 0 saturated heterocycles. The molecule has 0 aliphatic heterocycles. The third-order valence-electron chi connectivity index (χ3n) is 12.7. The number of methoxy groups -OCH3 is 1. The molecular weight excluding hydrogens is 783 g/mol. The van der Waals surface area contributed by atoms with Crippen molar-refractivity contribution in [3.8, 4) is 28.0 Å². The molecule has 0 N–H and O–H groups in total. The average Bonchev–Trinajstić information content (AvgIpc) is 3.75. The van der Waals surface area contributed by atoms with E-state index < -0.39 is 20.4 Å². The molecule has 3 aliphatic carbocycles. The number of fused-ring (bicyclic) bond motifs is 3. The van der Waals surface area contributed by atoms with Crippen LogP contribution in [0, 0.1) is 13.8 Å². The minimum atomic E-state index is -5.00. The van der Waals surface area contributed by atoms with Crippen LogP contribution in [0.4, 0.5) is 0 Å². The Kier molecular flexibility index (Phi) is 9.75. The maximum absolute atomic E-state index is 8.80. The molecule has 2 atom stereocenters. The Hall–Kier alpha value is -2.16. The van der Waals surface area contributed by atoms with Gasteiger partial charge >= 0.3 is 331 Å². The molecule has 5 heteroatoms. The Morgan fingerprint density at radius 3 is 1.74 bits per heavy atom. The van der Waals surface area contributed by atoms with Crippen LogP contribution in [0.15, 0.2) is 65.7 Å². The second-order valence-corrected chi connectivity index (χ2v) is 57.6. The molecule has 0 bridgehead atoms. The Morgan fingerprint density at radius 2 is 1.23 bits per heavy atom. The van der Waals surface area contributed by atoms with Crippen molar-refractivity contribution in [2.75, 3.05) is 7.11 Å². The first-order chi connectivity index (χ1) is 24.7. The van der Waals surface area contributed by atoms with Crippen LogP contribution >= 0.6 is 17.0 Å². The number of rotatable bonds is 5. The van der Waals surface area contributed by atoms with Crippen molar-refractivity contribution in [2.45, 2.75) is 120 Å². The molecule has 0 radical (unpaired) electrons. The molecule has 7 rings (SSSR count). The molecule has 4 aromatic carbocycles. The molecule has 0 aromatic heterocycles. The van der Waals surface area contributed by atoms with E-state index in [1.165, 1.54) is 95.5 Å². The van der Waals surface area contributed by atoms with Gasteiger partial charge in [-0.3, -0.25) is 0 Å². The maximum atomic E-state index is 8.80. The summed E-state index contributed by atoms with van der Waals surface area (Å²) in [6.07, 6.45) is 8.35. The predicted molar refractivity (Wildman–Crippen MR) is 231 cm³/mol. The van der Waals surface area contributed by atoms with Crippen LogP contribution in [0.3, 0.4) is 0 Å². The van der Waals surface area contributed by atoms with E-state index in [1.807, 2.05) is 7.11 Å². The molecule has 0 saturated carbocycles. The van der Waals surface area contributed by atoms with Gasteiger partial charge in [0.25, 0.3) is 0 Å². The molecule has 0 heterocycles. The van der Waals surface area contributed by atoms with Gasteiger partial charge in [0.2, 0.25) is 0 Å². The zero-order valence-electron chi connectivity index (χ0n) is 34.3. The number of allylic oxidation sites excluding steroid dienone is 2. The van der Waals surface area contributed by atoms with Gasteiger partial charge in [0.15, 0.2) is 0 Å². The van der Waals surface area contributed by atoms with Gasteiger partial charge in [-0.15, -0.1) is 0 Å². The fraction of sp³-hybridized carbons (Fsp3) is 0.417. The third kappa shape index (κ3) is 6.18. The summed E-state index contributed by atoms with van der Waals surface area (Å²) >= 11 is -5.00. The molecule has 1 nitrogen and oxygen atoms in total. The van der Waals surface area contributed by atoms with E-state index in [0.29, 0.717) is 0 Å². The van der Waals surface area contributed by atoms with Gasteiger partial charge in [0, 0.05) is 0 Å². The molecule has 0 fully saturated rings. The fourth-order valence-corrected chi connectivity index (χ4v) is 40.5. The number of halogens is 2. The normalized spacial score (nSPS) is 18.4. The third-order valence-corrected chi connectivity index (χ3v) is 59.6. The zero-order chi connectivity index (χ0) is 38.6. The first-order valence-corrected chi connectivity index (χ1v) is 34.9. The van der Waals surface area contributed by atoms with Gasteiger partial charge < -0.3 is 0 Å². The van der Waals surface area contributed by atoms with Crippen LogP contribution in [0.5, 0.6) is 5.75 Å². The van der Waals surface area contributed by atoms with E-state index in [0.717, 1.165) is 18.6 Å². The predicted octanol–water partition coefficient (Wildman–Crippen LogP) is 14.6. The summed E-state index contributed by atoms with van der Waals surface area (Å²) in [6.45, 7) is 27.6. The summed E-state index contributed by atoms with van der Waals surface area (Å²) < 4.78 is 6.44. The topological polar surface area (TPSA) is 9.23 Å². The molecule has 278 valence electrons. The van der Waals surface area contributed by atoms with Gasteiger partial charge in [-0.2, -0.15) is 0 Å². The number of ether oxygens (including phenoxy) is 1. The monoisotopic (exact) mass is 838 g/mol. The standard InChI is InChI=1S/C23H27O.C23H25.C2H6Si.2ClH.Zr/c1-14-8-15(2)11-18(10-14)21-19-12-16(3)9-17(19)13-20(22(21)24-7)23(4,5)6;1-15-12-18-14-17-6-5-7-20(17)22(21(18)13-15)16-8-10-19(11-9-16)23(2,3)4;1-3-2;;;/h8-13H,1-7H3;8-14H,5-7H2,1-4H3;1-2H3;2*1H;/q;;;;;+2/p-2. The van der Waals surface area contributed by atoms with E-state index in [2.05, 4.69) is 149 Å². The van der Waals surface area contributed by atoms with Gasteiger partial charge in [-0.1, -0.05) is 0 Å². The van der Waals surface area contributed by atoms with Crippen molar-refractivity contribution in [1.82, 2.24) is 0 Å². The molecule has 4 aromatic rings. The average molecular weight is 841 g/mol. The first-order valence-electron chi connectivity index (χ1n) is 19.5. The molecule has 53 heavy (non-hydrogen) atoms. The van der Waals surface area contributed by atoms with Crippen molar-refractivity contribution < 1.29 is 19.7 Å². The van der Waals surface area contributed by atoms with E-state index in [9.17, 15) is 0 Å². The van der Waals surface area contributed by atoms with E-state index in [4.69, 9.17) is 21.8 Å². The Morgan fingerprint density at radius 1 is 0.679 bits per heavy atom. The Bertz CT molecular complexity index is 2310. The minimum absolute atomic E-state index is 0.00241. The molecular formula is C48H58Cl2OSiZr. The molecule has 2 unspecified atom stereocenters. The van der Waals surface area contributed by atoms with E-state index >= 15 is 0 Å². The van der Waals surface area contributed by atoms with E-state index in [1.54, 1.807) is 0 Å². The molecule has 0 amide bonds. The molecule has 3 aliphatic rings. The van der Waals surface area contributed by atoms with Gasteiger partial charge in [0.1, 0.15) is 0 Å². The quantitative estimate of drug-likeness (QED) is 0.182. The van der Waals surface area contributed by atoms with Gasteiger partial charge in [-0.25, -0.2) is 0 Å². The van der Waals surface area contributed by atoms with Crippen LogP contribution in [-0.2, 0) is 38.7 Å². The summed E-state index contributed by atoms with van der Waals surface area (Å²) in [5.74, 6) is 0.961. The van der Waals surface area contributed by atoms with Crippen LogP contribution in [-0.4, -0.2) is 12.5 Å². The van der Waals surface area contributed by atoms with Crippen LogP contribution in [0.25, 0.3) is 34.4 Å². The number of aryl methyl sites for hydroxylation is 3. The summed E-state index contributed by atoms with van der Waals surface area (Å²) in [6, 6.07) is 21.3. The van der Waals surface area contributed by atoms with Crippen molar-refractivity contribution in [1.29, 1.82) is 0 Å². The summed E-state index contributed by atoms with van der Waals surface area (Å²) in [5, 5.41) is 0. The number of benzene rings is 4. The summed E-state index contributed by atoms with van der Waals surface area (Å²) in [5.41, 5.74) is 19.9. The number of hydrogen-bond donors (Lipinski definition) is 0. The van der Waals surface area contributed by atoms with Crippen molar-refractivity contribution in [3.05, 3.63) is 121 Å². The Labute approximate surface area is 328 Å². The van der Waals surface area contributed by atoms with Crippen LogP contribution < -0.4 is 4.74 Å². The van der Waals surface area contributed by atoms with Crippen molar-refractivity contribution in [3.63, 3.8) is 0 Å². The van der Waals surface area contributed by atoms with Crippen molar-refractivity contribution in [2.24, 2.45) is 0 Å². The molecule has 0 spiro atoms. The Balaban J connectivity index is 1.51. The summed E-state index contributed by atoms with van der Waals surface area (Å²) in [4.78, 5) is 0. The zero-order valence-corrected chi connectivity index (χ0v) is 39.3. The van der Waals surface area contributed by atoms with Crippen LogP contribution in [0.2, 0.25) is 13.1 Å². The van der Waals surface area contributed by atoms with Crippen LogP contribution in [0.1, 0.15) is 125 Å². The summed E-state index contributed by atoms with van der Waals surface area (Å²) in [7, 11) is 19.4. The second-order valence-electron chi connectivity index (χ2n) is 18.8. The van der Waals surface area contributed by atoms with Crippen molar-refractivity contribution >= 4 is 34.6 Å².